The lowest BCUT2D eigenvalue weighted by molar-refractivity contribution is 0.0696. The fraction of sp³-hybridized carbons (Fsp3) is 0.296. The molecule has 0 bridgehead atoms. The van der Waals surface area contributed by atoms with Crippen LogP contribution in [-0.2, 0) is 13.0 Å². The van der Waals surface area contributed by atoms with Crippen molar-refractivity contribution in [3.05, 3.63) is 89.5 Å². The van der Waals surface area contributed by atoms with Crippen molar-refractivity contribution in [1.29, 1.82) is 0 Å². The van der Waals surface area contributed by atoms with E-state index in [1.165, 1.54) is 60.1 Å². The maximum absolute atomic E-state index is 11.1. The van der Waals surface area contributed by atoms with Gasteiger partial charge in [0.25, 0.3) is 0 Å². The lowest BCUT2D eigenvalue weighted by Crippen LogP contribution is -2.30. The van der Waals surface area contributed by atoms with Crippen LogP contribution < -0.4 is 4.72 Å². The summed E-state index contributed by atoms with van der Waals surface area (Å²) in [6, 6.07) is 24.6. The molecule has 4 rings (SSSR count). The maximum atomic E-state index is 11.1. The SMILES string of the molecule is CN1CCC(Cc2cccc(-c3cccc(CNSc4cccc(C(=O)O)c4)c3)c2)CC1. The first-order valence-corrected chi connectivity index (χ1v) is 12.0. The number of piperidine rings is 1. The highest BCUT2D eigenvalue weighted by atomic mass is 32.2. The number of carboxylic acids is 1. The van der Waals surface area contributed by atoms with E-state index in [2.05, 4.69) is 65.2 Å². The predicted octanol–water partition coefficient (Wildman–Crippen LogP) is 5.73. The van der Waals surface area contributed by atoms with Crippen LogP contribution in [0.2, 0.25) is 0 Å². The van der Waals surface area contributed by atoms with Gasteiger partial charge < -0.3 is 10.0 Å². The lowest BCUT2D eigenvalue weighted by Gasteiger charge is -2.29. The highest BCUT2D eigenvalue weighted by Crippen LogP contribution is 2.26. The number of carboxylic acid groups (broad SMARTS) is 1. The van der Waals surface area contributed by atoms with Gasteiger partial charge in [0.15, 0.2) is 0 Å². The molecule has 0 atom stereocenters. The van der Waals surface area contributed by atoms with Gasteiger partial charge in [-0.1, -0.05) is 48.5 Å². The van der Waals surface area contributed by atoms with E-state index in [9.17, 15) is 4.79 Å². The highest BCUT2D eigenvalue weighted by molar-refractivity contribution is 7.97. The molecule has 3 aromatic carbocycles. The van der Waals surface area contributed by atoms with E-state index in [4.69, 9.17) is 5.11 Å². The van der Waals surface area contributed by atoms with Crippen molar-refractivity contribution >= 4 is 17.9 Å². The molecule has 1 aliphatic rings. The molecule has 5 heteroatoms. The minimum absolute atomic E-state index is 0.305. The zero-order valence-corrected chi connectivity index (χ0v) is 19.3. The van der Waals surface area contributed by atoms with Gasteiger partial charge in [0.1, 0.15) is 0 Å². The molecule has 0 aliphatic carbocycles. The number of nitrogens with zero attached hydrogens (tertiary/aromatic N) is 1. The van der Waals surface area contributed by atoms with Gasteiger partial charge in [-0.25, -0.2) is 4.79 Å². The molecule has 4 nitrogen and oxygen atoms in total. The van der Waals surface area contributed by atoms with E-state index in [-0.39, 0.29) is 0 Å². The van der Waals surface area contributed by atoms with Crippen molar-refractivity contribution in [2.45, 2.75) is 30.7 Å². The van der Waals surface area contributed by atoms with E-state index in [1.807, 2.05) is 6.07 Å². The first-order valence-electron chi connectivity index (χ1n) is 11.2. The van der Waals surface area contributed by atoms with Crippen LogP contribution in [0, 0.1) is 5.92 Å². The van der Waals surface area contributed by atoms with E-state index in [0.717, 1.165) is 17.2 Å². The summed E-state index contributed by atoms with van der Waals surface area (Å²) in [6.45, 7) is 3.11. The van der Waals surface area contributed by atoms with E-state index in [1.54, 1.807) is 18.2 Å². The van der Waals surface area contributed by atoms with Crippen molar-refractivity contribution in [2.75, 3.05) is 20.1 Å². The van der Waals surface area contributed by atoms with Gasteiger partial charge in [0.2, 0.25) is 0 Å². The van der Waals surface area contributed by atoms with Crippen LogP contribution in [0.25, 0.3) is 11.1 Å². The third kappa shape index (κ3) is 6.22. The van der Waals surface area contributed by atoms with Gasteiger partial charge in [-0.3, -0.25) is 4.72 Å². The van der Waals surface area contributed by atoms with Gasteiger partial charge in [0, 0.05) is 11.4 Å². The van der Waals surface area contributed by atoms with Gasteiger partial charge in [-0.15, -0.1) is 0 Å². The topological polar surface area (TPSA) is 52.6 Å². The van der Waals surface area contributed by atoms with Gasteiger partial charge in [0.05, 0.1) is 5.56 Å². The molecule has 1 fully saturated rings. The van der Waals surface area contributed by atoms with Crippen molar-refractivity contribution in [3.63, 3.8) is 0 Å². The predicted molar refractivity (Wildman–Crippen MR) is 132 cm³/mol. The van der Waals surface area contributed by atoms with Crippen molar-refractivity contribution in [2.24, 2.45) is 5.92 Å². The molecule has 1 heterocycles. The molecule has 1 aliphatic heterocycles. The van der Waals surface area contributed by atoms with Crippen LogP contribution in [0.1, 0.15) is 34.3 Å². The second-order valence-electron chi connectivity index (χ2n) is 8.61. The minimum Gasteiger partial charge on any atom is -0.478 e. The number of rotatable bonds is 8. The largest absolute Gasteiger partial charge is 0.478 e. The smallest absolute Gasteiger partial charge is 0.335 e. The number of benzene rings is 3. The molecule has 1 saturated heterocycles. The van der Waals surface area contributed by atoms with E-state index >= 15 is 0 Å². The maximum Gasteiger partial charge on any atom is 0.335 e. The van der Waals surface area contributed by atoms with Crippen molar-refractivity contribution in [3.8, 4) is 11.1 Å². The van der Waals surface area contributed by atoms with Crippen LogP contribution in [0.4, 0.5) is 0 Å². The van der Waals surface area contributed by atoms with Gasteiger partial charge in [-0.2, -0.15) is 0 Å². The molecule has 0 saturated carbocycles. The molecular formula is C27H30N2O2S. The van der Waals surface area contributed by atoms with E-state index < -0.39 is 5.97 Å². The van der Waals surface area contributed by atoms with Crippen LogP contribution in [0.5, 0.6) is 0 Å². The Labute approximate surface area is 194 Å². The molecule has 0 radical (unpaired) electrons. The van der Waals surface area contributed by atoms with Gasteiger partial charge >= 0.3 is 5.97 Å². The third-order valence-electron chi connectivity index (χ3n) is 6.10. The monoisotopic (exact) mass is 446 g/mol. The molecule has 3 aromatic rings. The number of likely N-dealkylation sites (tertiary alicyclic amines) is 1. The fourth-order valence-corrected chi connectivity index (χ4v) is 4.97. The van der Waals surface area contributed by atoms with Gasteiger partial charge in [-0.05, 0) is 104 Å². The zero-order chi connectivity index (χ0) is 22.3. The molecule has 0 amide bonds. The van der Waals surface area contributed by atoms with Crippen LogP contribution in [0.3, 0.4) is 0 Å². The molecule has 0 spiro atoms. The Morgan fingerprint density at radius 3 is 2.34 bits per heavy atom. The normalized spacial score (nSPS) is 15.0. The van der Waals surface area contributed by atoms with Crippen LogP contribution >= 0.6 is 11.9 Å². The minimum atomic E-state index is -0.904. The summed E-state index contributed by atoms with van der Waals surface area (Å²) in [7, 11) is 2.21. The van der Waals surface area contributed by atoms with Crippen molar-refractivity contribution < 1.29 is 9.90 Å². The molecule has 0 unspecified atom stereocenters. The lowest BCUT2D eigenvalue weighted by atomic mass is 9.89. The summed E-state index contributed by atoms with van der Waals surface area (Å²) in [4.78, 5) is 14.5. The Balaban J connectivity index is 1.37. The average Bonchev–Trinajstić information content (AvgIpc) is 2.81. The summed E-state index contributed by atoms with van der Waals surface area (Å²) in [5.74, 6) is -0.119. The Morgan fingerprint density at radius 2 is 1.62 bits per heavy atom. The Morgan fingerprint density at radius 1 is 0.969 bits per heavy atom. The summed E-state index contributed by atoms with van der Waals surface area (Å²) in [5.41, 5.74) is 5.42. The molecule has 0 aromatic heterocycles. The highest BCUT2D eigenvalue weighted by Gasteiger charge is 2.17. The standard InChI is InChI=1S/C27H30N2O2S/c1-29-13-11-20(12-14-29)15-21-5-2-7-23(16-21)24-8-3-6-22(17-24)19-28-32-26-10-4-9-25(18-26)27(30)31/h2-10,16-18,20,28H,11-15,19H2,1H3,(H,30,31). The molecule has 2 N–H and O–H groups in total. The van der Waals surface area contributed by atoms with Crippen LogP contribution in [-0.4, -0.2) is 36.1 Å². The number of hydrogen-bond donors (Lipinski definition) is 2. The Bertz CT molecular complexity index is 1060. The molecule has 32 heavy (non-hydrogen) atoms. The number of hydrogen-bond acceptors (Lipinski definition) is 4. The Hall–Kier alpha value is -2.60. The number of nitrogens with one attached hydrogen (secondary N) is 1. The number of aromatic carboxylic acids is 1. The van der Waals surface area contributed by atoms with Crippen LogP contribution in [0.15, 0.2) is 77.7 Å². The zero-order valence-electron chi connectivity index (χ0n) is 18.5. The quantitative estimate of drug-likeness (QED) is 0.433. The second kappa shape index (κ2) is 10.8. The molecular weight excluding hydrogens is 416 g/mol. The molecule has 166 valence electrons. The summed E-state index contributed by atoms with van der Waals surface area (Å²) in [5, 5.41) is 9.14. The summed E-state index contributed by atoms with van der Waals surface area (Å²) in [6.07, 6.45) is 3.73. The Kier molecular flexibility index (Phi) is 7.63. The van der Waals surface area contributed by atoms with E-state index in [0.29, 0.717) is 12.1 Å². The third-order valence-corrected chi connectivity index (χ3v) is 6.88. The average molecular weight is 447 g/mol. The first-order chi connectivity index (χ1) is 15.6. The first kappa shape index (κ1) is 22.6. The fourth-order valence-electron chi connectivity index (χ4n) is 4.23. The summed E-state index contributed by atoms with van der Waals surface area (Å²) < 4.78 is 3.35. The van der Waals surface area contributed by atoms with Crippen molar-refractivity contribution in [1.82, 2.24) is 9.62 Å². The number of carbonyl (C=O) groups is 1. The second-order valence-corrected chi connectivity index (χ2v) is 9.57. The summed E-state index contributed by atoms with van der Waals surface area (Å²) >= 11 is 1.45.